The molecule has 6 heteroatoms. The van der Waals surface area contributed by atoms with Crippen molar-refractivity contribution in [2.45, 2.75) is 13.3 Å². The minimum atomic E-state index is -1.02. The van der Waals surface area contributed by atoms with Gasteiger partial charge in [0.25, 0.3) is 0 Å². The minimum Gasteiger partial charge on any atom is -0.478 e. The second kappa shape index (κ2) is 6.69. The molecule has 0 fully saturated rings. The van der Waals surface area contributed by atoms with Gasteiger partial charge in [0.2, 0.25) is 5.91 Å². The summed E-state index contributed by atoms with van der Waals surface area (Å²) >= 11 is 2.01. The monoisotopic (exact) mass is 362 g/mol. The molecule has 1 unspecified atom stereocenters. The Morgan fingerprint density at radius 3 is 2.61 bits per heavy atom. The maximum atomic E-state index is 11.8. The molecule has 5 nitrogen and oxygen atoms in total. The van der Waals surface area contributed by atoms with E-state index >= 15 is 0 Å². The fraction of sp³-hybridized carbons (Fsp3) is 0.333. The average Bonchev–Trinajstić information content (AvgIpc) is 2.29. The van der Waals surface area contributed by atoms with E-state index in [1.165, 1.54) is 6.07 Å². The zero-order valence-corrected chi connectivity index (χ0v) is 12.1. The Morgan fingerprint density at radius 2 is 2.11 bits per heavy atom. The van der Waals surface area contributed by atoms with Crippen LogP contribution in [-0.4, -0.2) is 23.5 Å². The van der Waals surface area contributed by atoms with Crippen LogP contribution in [0, 0.1) is 9.49 Å². The lowest BCUT2D eigenvalue weighted by Crippen LogP contribution is -2.28. The van der Waals surface area contributed by atoms with Crippen molar-refractivity contribution in [3.63, 3.8) is 0 Å². The van der Waals surface area contributed by atoms with Gasteiger partial charge in [-0.05, 0) is 47.2 Å². The van der Waals surface area contributed by atoms with Gasteiger partial charge in [0.05, 0.1) is 11.5 Å². The SMILES string of the molecule is CCC(CN)C(=O)Nc1cc(I)cc(C(=O)O)c1. The molecule has 4 N–H and O–H groups in total. The number of hydrogen-bond acceptors (Lipinski definition) is 3. The normalized spacial score (nSPS) is 11.9. The fourth-order valence-electron chi connectivity index (χ4n) is 1.49. The highest BCUT2D eigenvalue weighted by molar-refractivity contribution is 14.1. The predicted octanol–water partition coefficient (Wildman–Crippen LogP) is 1.91. The number of aromatic carboxylic acids is 1. The van der Waals surface area contributed by atoms with Crippen LogP contribution in [0.15, 0.2) is 18.2 Å². The largest absolute Gasteiger partial charge is 0.478 e. The van der Waals surface area contributed by atoms with Crippen LogP contribution in [0.4, 0.5) is 5.69 Å². The highest BCUT2D eigenvalue weighted by Crippen LogP contribution is 2.18. The van der Waals surface area contributed by atoms with E-state index in [4.69, 9.17) is 10.8 Å². The topological polar surface area (TPSA) is 92.4 Å². The van der Waals surface area contributed by atoms with Crippen LogP contribution in [0.3, 0.4) is 0 Å². The summed E-state index contributed by atoms with van der Waals surface area (Å²) in [6, 6.07) is 4.69. The van der Waals surface area contributed by atoms with Crippen LogP contribution in [-0.2, 0) is 4.79 Å². The Hall–Kier alpha value is -1.15. The molecule has 0 heterocycles. The molecule has 0 aliphatic heterocycles. The number of rotatable bonds is 5. The van der Waals surface area contributed by atoms with Crippen LogP contribution in [0.2, 0.25) is 0 Å². The number of hydrogen-bond donors (Lipinski definition) is 3. The first-order valence-electron chi connectivity index (χ1n) is 5.52. The Kier molecular flexibility index (Phi) is 5.54. The molecule has 1 amide bonds. The molecular weight excluding hydrogens is 347 g/mol. The molecule has 98 valence electrons. The number of nitrogens with one attached hydrogen (secondary N) is 1. The first-order chi connectivity index (χ1) is 8.47. The molecule has 18 heavy (non-hydrogen) atoms. The number of benzene rings is 1. The van der Waals surface area contributed by atoms with Crippen LogP contribution in [0.1, 0.15) is 23.7 Å². The maximum Gasteiger partial charge on any atom is 0.335 e. The Bertz CT molecular complexity index is 459. The molecule has 0 bridgehead atoms. The third-order valence-electron chi connectivity index (χ3n) is 2.56. The van der Waals surface area contributed by atoms with Crippen molar-refractivity contribution in [2.24, 2.45) is 11.7 Å². The van der Waals surface area contributed by atoms with Gasteiger partial charge in [-0.25, -0.2) is 4.79 Å². The Balaban J connectivity index is 2.90. The van der Waals surface area contributed by atoms with E-state index in [1.54, 1.807) is 12.1 Å². The number of carboxylic acids is 1. The number of carboxylic acid groups (broad SMARTS) is 1. The first kappa shape index (κ1) is 14.9. The summed E-state index contributed by atoms with van der Waals surface area (Å²) in [6.07, 6.45) is 0.651. The molecule has 1 atom stereocenters. The standard InChI is InChI=1S/C12H15IN2O3/c1-2-7(6-14)11(16)15-10-4-8(12(17)18)3-9(13)5-10/h3-5,7H,2,6,14H2,1H3,(H,15,16)(H,17,18). The highest BCUT2D eigenvalue weighted by atomic mass is 127. The van der Waals surface area contributed by atoms with E-state index in [0.29, 0.717) is 12.1 Å². The molecule has 0 aliphatic rings. The van der Waals surface area contributed by atoms with Crippen LogP contribution < -0.4 is 11.1 Å². The van der Waals surface area contributed by atoms with Crippen molar-refractivity contribution in [2.75, 3.05) is 11.9 Å². The summed E-state index contributed by atoms with van der Waals surface area (Å²) in [5.74, 6) is -1.45. The summed E-state index contributed by atoms with van der Waals surface area (Å²) in [5, 5.41) is 11.6. The van der Waals surface area contributed by atoms with Gasteiger partial charge in [-0.3, -0.25) is 4.79 Å². The van der Waals surface area contributed by atoms with E-state index in [2.05, 4.69) is 5.32 Å². The highest BCUT2D eigenvalue weighted by Gasteiger charge is 2.15. The number of halogens is 1. The van der Waals surface area contributed by atoms with Crippen molar-refractivity contribution in [1.82, 2.24) is 0 Å². The number of carbonyl (C=O) groups is 2. The Morgan fingerprint density at radius 1 is 1.44 bits per heavy atom. The number of anilines is 1. The van der Waals surface area contributed by atoms with E-state index < -0.39 is 5.97 Å². The molecule has 0 aromatic heterocycles. The van der Waals surface area contributed by atoms with E-state index in [-0.39, 0.29) is 23.9 Å². The van der Waals surface area contributed by atoms with Crippen LogP contribution >= 0.6 is 22.6 Å². The summed E-state index contributed by atoms with van der Waals surface area (Å²) in [6.45, 7) is 2.16. The Labute approximate surface area is 119 Å². The second-order valence-corrected chi connectivity index (χ2v) is 5.11. The van der Waals surface area contributed by atoms with Gasteiger partial charge < -0.3 is 16.2 Å². The lowest BCUT2D eigenvalue weighted by atomic mass is 10.1. The minimum absolute atomic E-state index is 0.151. The fourth-order valence-corrected chi connectivity index (χ4v) is 2.16. The van der Waals surface area contributed by atoms with Gasteiger partial charge in [-0.15, -0.1) is 0 Å². The third-order valence-corrected chi connectivity index (χ3v) is 3.18. The van der Waals surface area contributed by atoms with Gasteiger partial charge in [0.15, 0.2) is 0 Å². The van der Waals surface area contributed by atoms with E-state index in [9.17, 15) is 9.59 Å². The summed E-state index contributed by atoms with van der Waals surface area (Å²) in [7, 11) is 0. The second-order valence-electron chi connectivity index (χ2n) is 3.86. The van der Waals surface area contributed by atoms with Gasteiger partial charge in [-0.2, -0.15) is 0 Å². The summed E-state index contributed by atoms with van der Waals surface area (Å²) < 4.78 is 0.753. The van der Waals surface area contributed by atoms with Crippen molar-refractivity contribution >= 4 is 40.2 Å². The molecule has 0 radical (unpaired) electrons. The summed E-state index contributed by atoms with van der Waals surface area (Å²) in [4.78, 5) is 22.7. The quantitative estimate of drug-likeness (QED) is 0.698. The van der Waals surface area contributed by atoms with Crippen molar-refractivity contribution in [1.29, 1.82) is 0 Å². The smallest absolute Gasteiger partial charge is 0.335 e. The van der Waals surface area contributed by atoms with Crippen LogP contribution in [0.5, 0.6) is 0 Å². The predicted molar refractivity (Wildman–Crippen MR) is 77.6 cm³/mol. The van der Waals surface area contributed by atoms with Gasteiger partial charge in [0.1, 0.15) is 0 Å². The molecule has 0 spiro atoms. The van der Waals surface area contributed by atoms with Crippen molar-refractivity contribution < 1.29 is 14.7 Å². The average molecular weight is 362 g/mol. The molecule has 0 saturated heterocycles. The van der Waals surface area contributed by atoms with Crippen LogP contribution in [0.25, 0.3) is 0 Å². The zero-order chi connectivity index (χ0) is 13.7. The lowest BCUT2D eigenvalue weighted by molar-refractivity contribution is -0.119. The maximum absolute atomic E-state index is 11.8. The third kappa shape index (κ3) is 3.95. The number of amides is 1. The number of carbonyl (C=O) groups excluding carboxylic acids is 1. The molecular formula is C12H15IN2O3. The molecule has 0 saturated carbocycles. The molecule has 1 aromatic carbocycles. The number of nitrogens with two attached hydrogens (primary N) is 1. The van der Waals surface area contributed by atoms with Crippen molar-refractivity contribution in [3.05, 3.63) is 27.3 Å². The van der Waals surface area contributed by atoms with Gasteiger partial charge >= 0.3 is 5.97 Å². The van der Waals surface area contributed by atoms with E-state index in [1.807, 2.05) is 29.5 Å². The molecule has 1 aromatic rings. The zero-order valence-electron chi connectivity index (χ0n) is 9.94. The lowest BCUT2D eigenvalue weighted by Gasteiger charge is -2.13. The van der Waals surface area contributed by atoms with Gasteiger partial charge in [-0.1, -0.05) is 6.92 Å². The van der Waals surface area contributed by atoms with Crippen molar-refractivity contribution in [3.8, 4) is 0 Å². The van der Waals surface area contributed by atoms with Gasteiger partial charge in [0, 0.05) is 15.8 Å². The first-order valence-corrected chi connectivity index (χ1v) is 6.60. The van der Waals surface area contributed by atoms with E-state index in [0.717, 1.165) is 3.57 Å². The molecule has 0 aliphatic carbocycles. The molecule has 1 rings (SSSR count). The summed E-state index contributed by atoms with van der Waals surface area (Å²) in [5.41, 5.74) is 6.12.